The Morgan fingerprint density at radius 2 is 1.71 bits per heavy atom. The van der Waals surface area contributed by atoms with Crippen LogP contribution >= 0.6 is 0 Å². The zero-order valence-corrected chi connectivity index (χ0v) is 11.9. The first-order valence-corrected chi connectivity index (χ1v) is 6.55. The largest absolute Gasteiger partial charge is 0.497 e. The highest BCUT2D eigenvalue weighted by molar-refractivity contribution is 5.89. The highest BCUT2D eigenvalue weighted by atomic mass is 19.1. The summed E-state index contributed by atoms with van der Waals surface area (Å²) in [6.07, 6.45) is 0. The topological polar surface area (TPSA) is 50.4 Å². The Morgan fingerprint density at radius 3 is 2.29 bits per heavy atom. The van der Waals surface area contributed by atoms with Gasteiger partial charge in [0.15, 0.2) is 0 Å². The van der Waals surface area contributed by atoms with Crippen LogP contribution in [-0.2, 0) is 0 Å². The van der Waals surface area contributed by atoms with E-state index in [4.69, 9.17) is 4.74 Å². The second-order valence-corrected chi connectivity index (χ2v) is 4.60. The molecule has 2 N–H and O–H groups in total. The number of carbonyl (C=O) groups is 1. The summed E-state index contributed by atoms with van der Waals surface area (Å²) < 4.78 is 17.9. The predicted octanol–water partition coefficient (Wildman–Crippen LogP) is 3.72. The molecule has 0 aliphatic rings. The van der Waals surface area contributed by atoms with Crippen molar-refractivity contribution in [1.29, 1.82) is 0 Å². The number of carbonyl (C=O) groups excluding carboxylic acids is 1. The Hall–Kier alpha value is -2.56. The molecule has 2 rings (SSSR count). The molecule has 0 saturated carbocycles. The van der Waals surface area contributed by atoms with Crippen molar-refractivity contribution in [1.82, 2.24) is 5.32 Å². The Labute approximate surface area is 122 Å². The SMILES string of the molecule is COc1ccc([C@H](C)NC(=O)Nc2ccc(F)cc2)cc1. The van der Waals surface area contributed by atoms with E-state index < -0.39 is 0 Å². The van der Waals surface area contributed by atoms with Crippen molar-refractivity contribution in [2.45, 2.75) is 13.0 Å². The van der Waals surface area contributed by atoms with Crippen LogP contribution in [0.5, 0.6) is 5.75 Å². The first-order valence-electron chi connectivity index (χ1n) is 6.55. The summed E-state index contributed by atoms with van der Waals surface area (Å²) in [4.78, 5) is 11.9. The molecule has 0 radical (unpaired) electrons. The van der Waals surface area contributed by atoms with E-state index in [1.165, 1.54) is 24.3 Å². The maximum atomic E-state index is 12.8. The third kappa shape index (κ3) is 4.21. The summed E-state index contributed by atoms with van der Waals surface area (Å²) in [5.41, 5.74) is 1.50. The number of amides is 2. The molecule has 0 unspecified atom stereocenters. The number of benzene rings is 2. The fraction of sp³-hybridized carbons (Fsp3) is 0.188. The first-order chi connectivity index (χ1) is 10.1. The van der Waals surface area contributed by atoms with Crippen LogP contribution < -0.4 is 15.4 Å². The number of halogens is 1. The van der Waals surface area contributed by atoms with Crippen LogP contribution in [0.25, 0.3) is 0 Å². The number of nitrogens with one attached hydrogen (secondary N) is 2. The van der Waals surface area contributed by atoms with Crippen molar-refractivity contribution in [2.75, 3.05) is 12.4 Å². The molecule has 0 aliphatic carbocycles. The second kappa shape index (κ2) is 6.74. The lowest BCUT2D eigenvalue weighted by Gasteiger charge is -2.15. The van der Waals surface area contributed by atoms with E-state index in [0.717, 1.165) is 11.3 Å². The minimum absolute atomic E-state index is 0.156. The van der Waals surface area contributed by atoms with E-state index >= 15 is 0 Å². The lowest BCUT2D eigenvalue weighted by atomic mass is 10.1. The number of rotatable bonds is 4. The number of anilines is 1. The van der Waals surface area contributed by atoms with E-state index in [9.17, 15) is 9.18 Å². The average Bonchev–Trinajstić information content (AvgIpc) is 2.49. The van der Waals surface area contributed by atoms with Gasteiger partial charge in [0.1, 0.15) is 11.6 Å². The van der Waals surface area contributed by atoms with Gasteiger partial charge in [-0.15, -0.1) is 0 Å². The van der Waals surface area contributed by atoms with E-state index in [1.807, 2.05) is 31.2 Å². The minimum atomic E-state index is -0.343. The molecule has 2 aromatic carbocycles. The maximum absolute atomic E-state index is 12.8. The Kier molecular flexibility index (Phi) is 4.77. The number of urea groups is 1. The highest BCUT2D eigenvalue weighted by Gasteiger charge is 2.09. The van der Waals surface area contributed by atoms with E-state index in [-0.39, 0.29) is 17.9 Å². The van der Waals surface area contributed by atoms with Crippen LogP contribution in [0, 0.1) is 5.82 Å². The summed E-state index contributed by atoms with van der Waals surface area (Å²) in [5.74, 6) is 0.425. The van der Waals surface area contributed by atoms with Gasteiger partial charge in [-0.2, -0.15) is 0 Å². The summed E-state index contributed by atoms with van der Waals surface area (Å²) in [6.45, 7) is 1.88. The summed E-state index contributed by atoms with van der Waals surface area (Å²) in [5, 5.41) is 5.46. The fourth-order valence-corrected chi connectivity index (χ4v) is 1.87. The van der Waals surface area contributed by atoms with E-state index in [1.54, 1.807) is 7.11 Å². The van der Waals surface area contributed by atoms with Gasteiger partial charge in [0.05, 0.1) is 13.2 Å². The van der Waals surface area contributed by atoms with Crippen molar-refractivity contribution >= 4 is 11.7 Å². The molecule has 0 fully saturated rings. The monoisotopic (exact) mass is 288 g/mol. The predicted molar refractivity (Wildman–Crippen MR) is 80.0 cm³/mol. The minimum Gasteiger partial charge on any atom is -0.497 e. The molecule has 0 bridgehead atoms. The number of methoxy groups -OCH3 is 1. The van der Waals surface area contributed by atoms with Crippen LogP contribution in [0.2, 0.25) is 0 Å². The molecule has 2 aromatic rings. The molecule has 0 spiro atoms. The highest BCUT2D eigenvalue weighted by Crippen LogP contribution is 2.17. The van der Waals surface area contributed by atoms with Crippen molar-refractivity contribution in [3.63, 3.8) is 0 Å². The molecule has 0 heterocycles. The van der Waals surface area contributed by atoms with Gasteiger partial charge in [0.25, 0.3) is 0 Å². The molecule has 4 nitrogen and oxygen atoms in total. The molecule has 2 amide bonds. The summed E-state index contributed by atoms with van der Waals surface area (Å²) in [7, 11) is 1.60. The Balaban J connectivity index is 1.93. The van der Waals surface area contributed by atoms with Crippen molar-refractivity contribution in [3.05, 3.63) is 59.9 Å². The van der Waals surface area contributed by atoms with E-state index in [2.05, 4.69) is 10.6 Å². The zero-order valence-electron chi connectivity index (χ0n) is 11.9. The van der Waals surface area contributed by atoms with Crippen LogP contribution in [0.4, 0.5) is 14.9 Å². The Morgan fingerprint density at radius 1 is 1.10 bits per heavy atom. The maximum Gasteiger partial charge on any atom is 0.319 e. The Bertz CT molecular complexity index is 597. The molecule has 0 aromatic heterocycles. The summed E-state index contributed by atoms with van der Waals surface area (Å²) in [6, 6.07) is 12.6. The van der Waals surface area contributed by atoms with Crippen LogP contribution in [0.1, 0.15) is 18.5 Å². The lowest BCUT2D eigenvalue weighted by Crippen LogP contribution is -2.31. The summed E-state index contributed by atoms with van der Waals surface area (Å²) >= 11 is 0. The van der Waals surface area contributed by atoms with Gasteiger partial charge in [-0.3, -0.25) is 0 Å². The normalized spacial score (nSPS) is 11.6. The number of ether oxygens (including phenoxy) is 1. The van der Waals surface area contributed by atoms with Gasteiger partial charge in [-0.25, -0.2) is 9.18 Å². The molecular weight excluding hydrogens is 271 g/mol. The molecular formula is C16H17FN2O2. The van der Waals surface area contributed by atoms with Gasteiger partial charge in [0.2, 0.25) is 0 Å². The van der Waals surface area contributed by atoms with Gasteiger partial charge in [0, 0.05) is 5.69 Å². The van der Waals surface area contributed by atoms with Crippen molar-refractivity contribution in [3.8, 4) is 5.75 Å². The first kappa shape index (κ1) is 14.8. The molecule has 0 saturated heterocycles. The molecule has 0 aliphatic heterocycles. The number of hydrogen-bond donors (Lipinski definition) is 2. The van der Waals surface area contributed by atoms with Crippen LogP contribution in [0.3, 0.4) is 0 Å². The third-order valence-electron chi connectivity index (χ3n) is 3.07. The fourth-order valence-electron chi connectivity index (χ4n) is 1.87. The van der Waals surface area contributed by atoms with Crippen molar-refractivity contribution < 1.29 is 13.9 Å². The molecule has 21 heavy (non-hydrogen) atoms. The average molecular weight is 288 g/mol. The van der Waals surface area contributed by atoms with Crippen molar-refractivity contribution in [2.24, 2.45) is 0 Å². The van der Waals surface area contributed by atoms with Gasteiger partial charge in [-0.05, 0) is 48.9 Å². The number of hydrogen-bond acceptors (Lipinski definition) is 2. The molecule has 110 valence electrons. The van der Waals surface area contributed by atoms with Gasteiger partial charge < -0.3 is 15.4 Å². The third-order valence-corrected chi connectivity index (χ3v) is 3.07. The lowest BCUT2D eigenvalue weighted by molar-refractivity contribution is 0.249. The van der Waals surface area contributed by atoms with Gasteiger partial charge in [-0.1, -0.05) is 12.1 Å². The molecule has 1 atom stereocenters. The van der Waals surface area contributed by atoms with E-state index in [0.29, 0.717) is 5.69 Å². The van der Waals surface area contributed by atoms with Crippen LogP contribution in [0.15, 0.2) is 48.5 Å². The second-order valence-electron chi connectivity index (χ2n) is 4.60. The molecule has 5 heteroatoms. The quantitative estimate of drug-likeness (QED) is 0.901. The standard InChI is InChI=1S/C16H17FN2O2/c1-11(12-3-9-15(21-2)10-4-12)18-16(20)19-14-7-5-13(17)6-8-14/h3-11H,1-2H3,(H2,18,19,20)/t11-/m0/s1. The van der Waals surface area contributed by atoms with Gasteiger partial charge >= 0.3 is 6.03 Å². The smallest absolute Gasteiger partial charge is 0.319 e. The zero-order chi connectivity index (χ0) is 15.2. The van der Waals surface area contributed by atoms with Crippen LogP contribution in [-0.4, -0.2) is 13.1 Å².